The van der Waals surface area contributed by atoms with Gasteiger partial charge in [0.15, 0.2) is 5.82 Å². The molecule has 72 valence electrons. The maximum atomic E-state index is 4.88. The summed E-state index contributed by atoms with van der Waals surface area (Å²) < 4.78 is 9.71. The Morgan fingerprint density at radius 2 is 2.14 bits per heavy atom. The minimum Gasteiger partial charge on any atom is -0.467 e. The molecular formula is C7H7N5O2. The summed E-state index contributed by atoms with van der Waals surface area (Å²) in [5.74, 6) is 1.08. The van der Waals surface area contributed by atoms with E-state index in [9.17, 15) is 0 Å². The lowest BCUT2D eigenvalue weighted by Crippen LogP contribution is -1.96. The molecule has 2 aromatic heterocycles. The quantitative estimate of drug-likeness (QED) is 0.674. The monoisotopic (exact) mass is 193 g/mol. The lowest BCUT2D eigenvalue weighted by atomic mass is 10.6. The zero-order valence-electron chi connectivity index (χ0n) is 7.63. The fourth-order valence-electron chi connectivity index (χ4n) is 0.871. The molecule has 7 heteroatoms. The van der Waals surface area contributed by atoms with Crippen LogP contribution in [0.3, 0.4) is 0 Å². The Balaban J connectivity index is 2.41. The summed E-state index contributed by atoms with van der Waals surface area (Å²) >= 11 is 0. The maximum absolute atomic E-state index is 4.88. The number of rotatable bonds is 2. The number of nitrogens with zero attached hydrogens (tertiary/aromatic N) is 5. The molecule has 0 atom stereocenters. The maximum Gasteiger partial charge on any atom is 0.319 e. The van der Waals surface area contributed by atoms with Gasteiger partial charge in [0.1, 0.15) is 6.33 Å². The Kier molecular flexibility index (Phi) is 2.05. The molecule has 0 saturated heterocycles. The Morgan fingerprint density at radius 1 is 1.29 bits per heavy atom. The third-order valence-corrected chi connectivity index (χ3v) is 1.45. The molecule has 2 rings (SSSR count). The van der Waals surface area contributed by atoms with Gasteiger partial charge in [0.25, 0.3) is 5.89 Å². The number of methoxy groups -OCH3 is 1. The second kappa shape index (κ2) is 3.36. The van der Waals surface area contributed by atoms with Crippen LogP contribution in [0.2, 0.25) is 0 Å². The van der Waals surface area contributed by atoms with Crippen LogP contribution < -0.4 is 4.74 Å². The van der Waals surface area contributed by atoms with Crippen LogP contribution in [0.5, 0.6) is 6.01 Å². The zero-order chi connectivity index (χ0) is 9.97. The lowest BCUT2D eigenvalue weighted by molar-refractivity contribution is 0.376. The smallest absolute Gasteiger partial charge is 0.319 e. The molecule has 0 aromatic carbocycles. The first kappa shape index (κ1) is 8.54. The van der Waals surface area contributed by atoms with Crippen LogP contribution in [0.4, 0.5) is 0 Å². The standard InChI is InChI=1S/C7H7N5O2/c1-4-10-6(14-12-4)5-8-3-9-7(11-5)13-2/h3H,1-2H3. The summed E-state index contributed by atoms with van der Waals surface area (Å²) in [7, 11) is 1.47. The van der Waals surface area contributed by atoms with Crippen LogP contribution in [-0.2, 0) is 0 Å². The second-order valence-corrected chi connectivity index (χ2v) is 2.44. The largest absolute Gasteiger partial charge is 0.467 e. The van der Waals surface area contributed by atoms with E-state index >= 15 is 0 Å². The van der Waals surface area contributed by atoms with Crippen molar-refractivity contribution in [3.8, 4) is 17.7 Å². The van der Waals surface area contributed by atoms with Crippen LogP contribution in [0.15, 0.2) is 10.9 Å². The van der Waals surface area contributed by atoms with Crippen molar-refractivity contribution in [3.05, 3.63) is 12.2 Å². The van der Waals surface area contributed by atoms with E-state index in [1.54, 1.807) is 6.92 Å². The van der Waals surface area contributed by atoms with Crippen molar-refractivity contribution in [2.45, 2.75) is 6.92 Å². The molecule has 0 N–H and O–H groups in total. The summed E-state index contributed by atoms with van der Waals surface area (Å²) in [4.78, 5) is 15.5. The van der Waals surface area contributed by atoms with Crippen molar-refractivity contribution in [2.75, 3.05) is 7.11 Å². The van der Waals surface area contributed by atoms with Crippen LogP contribution in [-0.4, -0.2) is 32.2 Å². The van der Waals surface area contributed by atoms with E-state index in [1.807, 2.05) is 0 Å². The van der Waals surface area contributed by atoms with Gasteiger partial charge in [-0.15, -0.1) is 0 Å². The molecule has 0 fully saturated rings. The van der Waals surface area contributed by atoms with Gasteiger partial charge in [-0.2, -0.15) is 15.0 Å². The SMILES string of the molecule is COc1ncnc(-c2nc(C)no2)n1. The molecule has 0 aliphatic carbocycles. The summed E-state index contributed by atoms with van der Waals surface area (Å²) in [6.07, 6.45) is 1.32. The van der Waals surface area contributed by atoms with Crippen LogP contribution in [0.25, 0.3) is 11.7 Å². The molecule has 0 radical (unpaired) electrons. The first-order valence-corrected chi connectivity index (χ1v) is 3.83. The summed E-state index contributed by atoms with van der Waals surface area (Å²) in [5, 5.41) is 3.62. The van der Waals surface area contributed by atoms with Gasteiger partial charge in [0.2, 0.25) is 5.82 Å². The third-order valence-electron chi connectivity index (χ3n) is 1.45. The van der Waals surface area contributed by atoms with Gasteiger partial charge in [0, 0.05) is 0 Å². The summed E-state index contributed by atoms with van der Waals surface area (Å²) in [6, 6.07) is 0.214. The molecule has 2 heterocycles. The van der Waals surface area contributed by atoms with Crippen molar-refractivity contribution in [1.29, 1.82) is 0 Å². The van der Waals surface area contributed by atoms with Gasteiger partial charge < -0.3 is 9.26 Å². The van der Waals surface area contributed by atoms with E-state index in [2.05, 4.69) is 25.1 Å². The van der Waals surface area contributed by atoms with Gasteiger partial charge >= 0.3 is 6.01 Å². The highest BCUT2D eigenvalue weighted by Crippen LogP contribution is 2.12. The fourth-order valence-corrected chi connectivity index (χ4v) is 0.871. The normalized spacial score (nSPS) is 10.1. The molecule has 0 aliphatic heterocycles. The molecule has 14 heavy (non-hydrogen) atoms. The predicted octanol–water partition coefficient (Wildman–Crippen LogP) is 0.239. The molecule has 7 nitrogen and oxygen atoms in total. The highest BCUT2D eigenvalue weighted by Gasteiger charge is 2.10. The molecule has 0 amide bonds. The van der Waals surface area contributed by atoms with Crippen LogP contribution in [0.1, 0.15) is 5.82 Å². The van der Waals surface area contributed by atoms with E-state index < -0.39 is 0 Å². The number of aryl methyl sites for hydroxylation is 1. The lowest BCUT2D eigenvalue weighted by Gasteiger charge is -1.95. The van der Waals surface area contributed by atoms with Gasteiger partial charge in [-0.3, -0.25) is 0 Å². The number of aromatic nitrogens is 5. The van der Waals surface area contributed by atoms with E-state index in [0.717, 1.165) is 0 Å². The van der Waals surface area contributed by atoms with Crippen LogP contribution >= 0.6 is 0 Å². The second-order valence-electron chi connectivity index (χ2n) is 2.44. The van der Waals surface area contributed by atoms with Crippen molar-refractivity contribution in [3.63, 3.8) is 0 Å². The van der Waals surface area contributed by atoms with Gasteiger partial charge in [-0.25, -0.2) is 4.98 Å². The van der Waals surface area contributed by atoms with E-state index in [-0.39, 0.29) is 11.9 Å². The van der Waals surface area contributed by atoms with Crippen molar-refractivity contribution < 1.29 is 9.26 Å². The molecule has 0 aliphatic rings. The highest BCUT2D eigenvalue weighted by atomic mass is 16.5. The average Bonchev–Trinajstić information content (AvgIpc) is 2.65. The highest BCUT2D eigenvalue weighted by molar-refractivity contribution is 5.38. The van der Waals surface area contributed by atoms with E-state index in [4.69, 9.17) is 9.26 Å². The van der Waals surface area contributed by atoms with E-state index in [0.29, 0.717) is 11.6 Å². The topological polar surface area (TPSA) is 86.8 Å². The number of hydrogen-bond donors (Lipinski definition) is 0. The number of ether oxygens (including phenoxy) is 1. The minimum atomic E-state index is 0.214. The van der Waals surface area contributed by atoms with Gasteiger partial charge in [0.05, 0.1) is 7.11 Å². The predicted molar refractivity (Wildman–Crippen MR) is 44.4 cm³/mol. The van der Waals surface area contributed by atoms with Crippen molar-refractivity contribution >= 4 is 0 Å². The molecule has 0 bridgehead atoms. The Hall–Kier alpha value is -2.05. The molecule has 0 unspecified atom stereocenters. The third kappa shape index (κ3) is 1.51. The number of hydrogen-bond acceptors (Lipinski definition) is 7. The Labute approximate surface area is 79.2 Å². The molecule has 0 spiro atoms. The van der Waals surface area contributed by atoms with Gasteiger partial charge in [-0.05, 0) is 6.92 Å². The molecule has 2 aromatic rings. The van der Waals surface area contributed by atoms with Crippen molar-refractivity contribution in [2.24, 2.45) is 0 Å². The van der Waals surface area contributed by atoms with E-state index in [1.165, 1.54) is 13.4 Å². The van der Waals surface area contributed by atoms with Crippen molar-refractivity contribution in [1.82, 2.24) is 25.1 Å². The van der Waals surface area contributed by atoms with Gasteiger partial charge in [-0.1, -0.05) is 5.16 Å². The zero-order valence-corrected chi connectivity index (χ0v) is 7.63. The Bertz CT molecular complexity index is 441. The summed E-state index contributed by atoms with van der Waals surface area (Å²) in [5.41, 5.74) is 0. The fraction of sp³-hybridized carbons (Fsp3) is 0.286. The first-order valence-electron chi connectivity index (χ1n) is 3.83. The van der Waals surface area contributed by atoms with Crippen LogP contribution in [0, 0.1) is 6.92 Å². The average molecular weight is 193 g/mol. The molecular weight excluding hydrogens is 186 g/mol. The Morgan fingerprint density at radius 3 is 2.79 bits per heavy atom. The summed E-state index contributed by atoms with van der Waals surface area (Å²) in [6.45, 7) is 1.71. The first-order chi connectivity index (χ1) is 6.79. The molecule has 0 saturated carbocycles. The minimum absolute atomic E-state index is 0.214.